The summed E-state index contributed by atoms with van der Waals surface area (Å²) < 4.78 is 18.2. The monoisotopic (exact) mass is 267 g/mol. The van der Waals surface area contributed by atoms with Gasteiger partial charge in [-0.1, -0.05) is 0 Å². The molecule has 1 aromatic heterocycles. The summed E-state index contributed by atoms with van der Waals surface area (Å²) in [5.74, 6) is -1.07. The molecule has 1 aliphatic heterocycles. The zero-order valence-corrected chi connectivity index (χ0v) is 10.4. The number of aromatic nitrogens is 1. The Morgan fingerprint density at radius 3 is 3.11 bits per heavy atom. The summed E-state index contributed by atoms with van der Waals surface area (Å²) in [5, 5.41) is 2.62. The van der Waals surface area contributed by atoms with Crippen molar-refractivity contribution in [1.82, 2.24) is 15.2 Å². The molecule has 0 aromatic carbocycles. The summed E-state index contributed by atoms with van der Waals surface area (Å²) in [7, 11) is 1.68. The van der Waals surface area contributed by atoms with Crippen LogP contribution in [0.3, 0.4) is 0 Å². The first-order chi connectivity index (χ1) is 9.06. The molecule has 7 heteroatoms. The van der Waals surface area contributed by atoms with E-state index in [1.165, 1.54) is 6.20 Å². The van der Waals surface area contributed by atoms with E-state index in [0.717, 1.165) is 12.3 Å². The van der Waals surface area contributed by atoms with E-state index in [-0.39, 0.29) is 30.7 Å². The summed E-state index contributed by atoms with van der Waals surface area (Å²) in [4.78, 5) is 28.1. The van der Waals surface area contributed by atoms with Gasteiger partial charge in [-0.05, 0) is 6.07 Å². The number of rotatable bonds is 3. The molecule has 102 valence electrons. The van der Waals surface area contributed by atoms with E-state index in [1.54, 1.807) is 11.9 Å². The predicted octanol–water partition coefficient (Wildman–Crippen LogP) is -0.192. The van der Waals surface area contributed by atoms with Crippen molar-refractivity contribution in [1.29, 1.82) is 0 Å². The number of pyridine rings is 1. The maximum Gasteiger partial charge on any atom is 0.253 e. The van der Waals surface area contributed by atoms with Crippen LogP contribution in [-0.2, 0) is 9.53 Å². The van der Waals surface area contributed by atoms with Crippen LogP contribution in [0.1, 0.15) is 10.4 Å². The van der Waals surface area contributed by atoms with Crippen LogP contribution in [0.15, 0.2) is 18.5 Å². The number of carbonyl (C=O) groups is 2. The second kappa shape index (κ2) is 5.75. The average Bonchev–Trinajstić information content (AvgIpc) is 2.40. The maximum atomic E-state index is 12.9. The number of halogens is 1. The van der Waals surface area contributed by atoms with E-state index in [2.05, 4.69) is 10.3 Å². The number of hydrogen-bond acceptors (Lipinski definition) is 4. The Morgan fingerprint density at radius 2 is 2.42 bits per heavy atom. The zero-order chi connectivity index (χ0) is 13.8. The molecule has 1 aliphatic rings. The standard InChI is InChI=1S/C12H14FN3O3/c1-16-6-10(19-7-11(16)17)5-15-12(18)8-2-9(13)4-14-3-8/h2-4,10H,5-7H2,1H3,(H,15,18)/t10-/m1/s1. The molecule has 0 radical (unpaired) electrons. The van der Waals surface area contributed by atoms with Crippen LogP contribution in [0.4, 0.5) is 4.39 Å². The average molecular weight is 267 g/mol. The number of hydrogen-bond donors (Lipinski definition) is 1. The molecule has 1 fully saturated rings. The highest BCUT2D eigenvalue weighted by atomic mass is 19.1. The molecule has 0 bridgehead atoms. The van der Waals surface area contributed by atoms with Crippen molar-refractivity contribution in [3.05, 3.63) is 29.8 Å². The molecule has 0 saturated carbocycles. The van der Waals surface area contributed by atoms with Gasteiger partial charge >= 0.3 is 0 Å². The van der Waals surface area contributed by atoms with Gasteiger partial charge in [0.15, 0.2) is 0 Å². The van der Waals surface area contributed by atoms with E-state index in [4.69, 9.17) is 4.74 Å². The largest absolute Gasteiger partial charge is 0.365 e. The molecule has 0 aliphatic carbocycles. The first-order valence-corrected chi connectivity index (χ1v) is 5.80. The first kappa shape index (κ1) is 13.4. The molecule has 1 aromatic rings. The number of nitrogens with one attached hydrogen (secondary N) is 1. The predicted molar refractivity (Wildman–Crippen MR) is 63.9 cm³/mol. The van der Waals surface area contributed by atoms with Gasteiger partial charge in [-0.15, -0.1) is 0 Å². The van der Waals surface area contributed by atoms with Gasteiger partial charge in [0.05, 0.1) is 17.9 Å². The van der Waals surface area contributed by atoms with Gasteiger partial charge in [0.1, 0.15) is 12.4 Å². The lowest BCUT2D eigenvalue weighted by atomic mass is 10.2. The van der Waals surface area contributed by atoms with E-state index in [9.17, 15) is 14.0 Å². The summed E-state index contributed by atoms with van der Waals surface area (Å²) >= 11 is 0. The van der Waals surface area contributed by atoms with Crippen LogP contribution in [0.2, 0.25) is 0 Å². The maximum absolute atomic E-state index is 12.9. The molecular formula is C12H14FN3O3. The number of carbonyl (C=O) groups excluding carboxylic acids is 2. The zero-order valence-electron chi connectivity index (χ0n) is 10.4. The van der Waals surface area contributed by atoms with Crippen LogP contribution in [0.5, 0.6) is 0 Å². The van der Waals surface area contributed by atoms with Crippen molar-refractivity contribution in [2.75, 3.05) is 26.7 Å². The highest BCUT2D eigenvalue weighted by Crippen LogP contribution is 2.04. The van der Waals surface area contributed by atoms with Gasteiger partial charge in [-0.2, -0.15) is 0 Å². The normalized spacial score (nSPS) is 19.4. The Labute approximate surface area is 109 Å². The molecular weight excluding hydrogens is 253 g/mol. The minimum absolute atomic E-state index is 0.0125. The minimum Gasteiger partial charge on any atom is -0.365 e. The Bertz CT molecular complexity index is 495. The molecule has 1 atom stereocenters. The molecule has 0 unspecified atom stereocenters. The highest BCUT2D eigenvalue weighted by Gasteiger charge is 2.23. The van der Waals surface area contributed by atoms with Crippen LogP contribution in [0, 0.1) is 5.82 Å². The Balaban J connectivity index is 1.85. The fourth-order valence-electron chi connectivity index (χ4n) is 1.73. The van der Waals surface area contributed by atoms with E-state index in [1.807, 2.05) is 0 Å². The Hall–Kier alpha value is -2.02. The number of amides is 2. The summed E-state index contributed by atoms with van der Waals surface area (Å²) in [6.45, 7) is 0.687. The van der Waals surface area contributed by atoms with Gasteiger partial charge in [0.2, 0.25) is 5.91 Å². The first-order valence-electron chi connectivity index (χ1n) is 5.80. The quantitative estimate of drug-likeness (QED) is 0.824. The molecule has 1 saturated heterocycles. The van der Waals surface area contributed by atoms with Gasteiger partial charge in [-0.3, -0.25) is 14.6 Å². The smallest absolute Gasteiger partial charge is 0.253 e. The second-order valence-corrected chi connectivity index (χ2v) is 4.31. The van der Waals surface area contributed by atoms with Gasteiger partial charge < -0.3 is 15.0 Å². The van der Waals surface area contributed by atoms with E-state index in [0.29, 0.717) is 6.54 Å². The second-order valence-electron chi connectivity index (χ2n) is 4.31. The van der Waals surface area contributed by atoms with Crippen LogP contribution in [-0.4, -0.2) is 54.5 Å². The van der Waals surface area contributed by atoms with Crippen molar-refractivity contribution >= 4 is 11.8 Å². The van der Waals surface area contributed by atoms with Crippen molar-refractivity contribution in [2.45, 2.75) is 6.10 Å². The van der Waals surface area contributed by atoms with Crippen molar-refractivity contribution in [2.24, 2.45) is 0 Å². The molecule has 19 heavy (non-hydrogen) atoms. The fraction of sp³-hybridized carbons (Fsp3) is 0.417. The fourth-order valence-corrected chi connectivity index (χ4v) is 1.73. The molecule has 2 heterocycles. The number of ether oxygens (including phenoxy) is 1. The highest BCUT2D eigenvalue weighted by molar-refractivity contribution is 5.93. The molecule has 1 N–H and O–H groups in total. The Morgan fingerprint density at radius 1 is 1.63 bits per heavy atom. The van der Waals surface area contributed by atoms with Crippen LogP contribution in [0.25, 0.3) is 0 Å². The topological polar surface area (TPSA) is 71.5 Å². The lowest BCUT2D eigenvalue weighted by molar-refractivity contribution is -0.146. The third-order valence-electron chi connectivity index (χ3n) is 2.80. The van der Waals surface area contributed by atoms with E-state index >= 15 is 0 Å². The summed E-state index contributed by atoms with van der Waals surface area (Å²) in [6, 6.07) is 1.11. The third kappa shape index (κ3) is 3.47. The Kier molecular flexibility index (Phi) is 4.06. The molecule has 6 nitrogen and oxygen atoms in total. The van der Waals surface area contributed by atoms with Crippen LogP contribution >= 0.6 is 0 Å². The SMILES string of the molecule is CN1C[C@@H](CNC(=O)c2cncc(F)c2)OCC1=O. The van der Waals surface area contributed by atoms with Gasteiger partial charge in [0, 0.05) is 26.3 Å². The van der Waals surface area contributed by atoms with Gasteiger partial charge in [0.25, 0.3) is 5.91 Å². The summed E-state index contributed by atoms with van der Waals surface area (Å²) in [5.41, 5.74) is 0.153. The molecule has 2 rings (SSSR count). The van der Waals surface area contributed by atoms with Crippen LogP contribution < -0.4 is 5.32 Å². The number of nitrogens with zero attached hydrogens (tertiary/aromatic N) is 2. The lowest BCUT2D eigenvalue weighted by Crippen LogP contribution is -2.48. The number of morpholine rings is 1. The molecule has 0 spiro atoms. The minimum atomic E-state index is -0.563. The molecule has 2 amide bonds. The lowest BCUT2D eigenvalue weighted by Gasteiger charge is -2.29. The van der Waals surface area contributed by atoms with Crippen molar-refractivity contribution in [3.63, 3.8) is 0 Å². The summed E-state index contributed by atoms with van der Waals surface area (Å²) in [6.07, 6.45) is 2.06. The van der Waals surface area contributed by atoms with Crippen molar-refractivity contribution in [3.8, 4) is 0 Å². The third-order valence-corrected chi connectivity index (χ3v) is 2.80. The van der Waals surface area contributed by atoms with Gasteiger partial charge in [-0.25, -0.2) is 4.39 Å². The number of likely N-dealkylation sites (N-methyl/N-ethyl adjacent to an activating group) is 1. The van der Waals surface area contributed by atoms with E-state index < -0.39 is 11.7 Å². The van der Waals surface area contributed by atoms with Crippen molar-refractivity contribution < 1.29 is 18.7 Å².